The Morgan fingerprint density at radius 1 is 0.964 bits per heavy atom. The SMILES string of the molecule is CCCCC/C=C\CCCOC(=O)CCCCCN(CCO)C1CCCCC1. The molecular weight excluding hydrogens is 350 g/mol. The van der Waals surface area contributed by atoms with E-state index < -0.39 is 0 Å². The van der Waals surface area contributed by atoms with E-state index in [1.165, 1.54) is 57.8 Å². The van der Waals surface area contributed by atoms with Gasteiger partial charge in [0.2, 0.25) is 0 Å². The number of aliphatic hydroxyl groups excluding tert-OH is 1. The fourth-order valence-corrected chi connectivity index (χ4v) is 4.02. The Kier molecular flexibility index (Phi) is 16.3. The molecule has 1 aliphatic carbocycles. The molecule has 0 atom stereocenters. The summed E-state index contributed by atoms with van der Waals surface area (Å²) in [5.41, 5.74) is 0. The van der Waals surface area contributed by atoms with Gasteiger partial charge in [-0.2, -0.15) is 0 Å². The molecule has 0 saturated heterocycles. The Labute approximate surface area is 173 Å². The first kappa shape index (κ1) is 25.2. The summed E-state index contributed by atoms with van der Waals surface area (Å²) in [5, 5.41) is 9.32. The fourth-order valence-electron chi connectivity index (χ4n) is 4.02. The average molecular weight is 396 g/mol. The highest BCUT2D eigenvalue weighted by Gasteiger charge is 2.20. The summed E-state index contributed by atoms with van der Waals surface area (Å²) in [6, 6.07) is 0.659. The van der Waals surface area contributed by atoms with Crippen LogP contribution in [0.5, 0.6) is 0 Å². The fraction of sp³-hybridized carbons (Fsp3) is 0.875. The number of unbranched alkanes of at least 4 members (excludes halogenated alkanes) is 6. The third-order valence-corrected chi connectivity index (χ3v) is 5.72. The maximum Gasteiger partial charge on any atom is 0.305 e. The highest BCUT2D eigenvalue weighted by Crippen LogP contribution is 2.22. The molecule has 164 valence electrons. The zero-order valence-electron chi connectivity index (χ0n) is 18.4. The standard InChI is InChI=1S/C24H45NO3/c1-2-3-4-5-6-7-8-15-22-28-24(27)18-13-10-14-19-25(20-21-26)23-16-11-9-12-17-23/h6-7,23,26H,2-5,8-22H2,1H3/b7-6-. The lowest BCUT2D eigenvalue weighted by Crippen LogP contribution is -2.39. The molecule has 0 heterocycles. The van der Waals surface area contributed by atoms with Crippen molar-refractivity contribution < 1.29 is 14.6 Å². The monoisotopic (exact) mass is 395 g/mol. The number of carbonyl (C=O) groups excluding carboxylic acids is 1. The second-order valence-electron chi connectivity index (χ2n) is 8.19. The van der Waals surface area contributed by atoms with Crippen molar-refractivity contribution in [3.8, 4) is 0 Å². The minimum absolute atomic E-state index is 0.0496. The molecule has 0 unspecified atom stereocenters. The summed E-state index contributed by atoms with van der Waals surface area (Å²) >= 11 is 0. The van der Waals surface area contributed by atoms with Crippen LogP contribution >= 0.6 is 0 Å². The van der Waals surface area contributed by atoms with E-state index in [4.69, 9.17) is 4.74 Å². The van der Waals surface area contributed by atoms with Gasteiger partial charge in [0.15, 0.2) is 0 Å². The van der Waals surface area contributed by atoms with E-state index in [1.54, 1.807) is 0 Å². The lowest BCUT2D eigenvalue weighted by molar-refractivity contribution is -0.143. The van der Waals surface area contributed by atoms with Crippen LogP contribution in [-0.4, -0.2) is 48.3 Å². The summed E-state index contributed by atoms with van der Waals surface area (Å²) < 4.78 is 5.33. The van der Waals surface area contributed by atoms with Gasteiger partial charge in [0.1, 0.15) is 0 Å². The van der Waals surface area contributed by atoms with Crippen LogP contribution in [0.4, 0.5) is 0 Å². The van der Waals surface area contributed by atoms with E-state index in [2.05, 4.69) is 24.0 Å². The van der Waals surface area contributed by atoms with Crippen LogP contribution in [0.1, 0.15) is 103 Å². The molecule has 0 aromatic heterocycles. The van der Waals surface area contributed by atoms with Crippen molar-refractivity contribution in [3.63, 3.8) is 0 Å². The molecule has 1 N–H and O–H groups in total. The molecule has 0 aromatic rings. The minimum atomic E-state index is -0.0496. The predicted octanol–water partition coefficient (Wildman–Crippen LogP) is 5.63. The third-order valence-electron chi connectivity index (χ3n) is 5.72. The van der Waals surface area contributed by atoms with Crippen LogP contribution in [0.15, 0.2) is 12.2 Å². The van der Waals surface area contributed by atoms with E-state index in [1.807, 2.05) is 0 Å². The smallest absolute Gasteiger partial charge is 0.305 e. The molecule has 1 fully saturated rings. The molecule has 0 bridgehead atoms. The van der Waals surface area contributed by atoms with Gasteiger partial charge >= 0.3 is 5.97 Å². The lowest BCUT2D eigenvalue weighted by atomic mass is 9.94. The molecule has 1 saturated carbocycles. The van der Waals surface area contributed by atoms with E-state index in [0.717, 1.165) is 45.2 Å². The van der Waals surface area contributed by atoms with Crippen LogP contribution < -0.4 is 0 Å². The number of nitrogens with zero attached hydrogens (tertiary/aromatic N) is 1. The van der Waals surface area contributed by atoms with Crippen molar-refractivity contribution >= 4 is 5.97 Å². The first-order valence-corrected chi connectivity index (χ1v) is 11.9. The Bertz CT molecular complexity index is 391. The van der Waals surface area contributed by atoms with Crippen LogP contribution in [0.2, 0.25) is 0 Å². The van der Waals surface area contributed by atoms with Crippen LogP contribution in [0.3, 0.4) is 0 Å². The van der Waals surface area contributed by atoms with E-state index in [0.29, 0.717) is 19.1 Å². The van der Waals surface area contributed by atoms with Gasteiger partial charge in [0.25, 0.3) is 0 Å². The Balaban J connectivity index is 1.97. The Morgan fingerprint density at radius 2 is 1.71 bits per heavy atom. The molecule has 4 heteroatoms. The number of aliphatic hydroxyl groups is 1. The molecule has 1 aliphatic rings. The van der Waals surface area contributed by atoms with Crippen molar-refractivity contribution in [2.75, 3.05) is 26.3 Å². The molecule has 1 rings (SSSR count). The summed E-state index contributed by atoms with van der Waals surface area (Å²) in [7, 11) is 0. The van der Waals surface area contributed by atoms with Crippen molar-refractivity contribution in [1.82, 2.24) is 4.90 Å². The first-order chi connectivity index (χ1) is 13.8. The van der Waals surface area contributed by atoms with Gasteiger partial charge in [0.05, 0.1) is 13.2 Å². The van der Waals surface area contributed by atoms with Crippen molar-refractivity contribution in [1.29, 1.82) is 0 Å². The van der Waals surface area contributed by atoms with Crippen LogP contribution in [-0.2, 0) is 9.53 Å². The number of carbonyl (C=O) groups is 1. The van der Waals surface area contributed by atoms with Gasteiger partial charge in [-0.1, -0.05) is 57.6 Å². The molecule has 4 nitrogen and oxygen atoms in total. The van der Waals surface area contributed by atoms with Crippen molar-refractivity contribution in [2.45, 2.75) is 109 Å². The number of hydrogen-bond acceptors (Lipinski definition) is 4. The zero-order chi connectivity index (χ0) is 20.3. The highest BCUT2D eigenvalue weighted by molar-refractivity contribution is 5.69. The topological polar surface area (TPSA) is 49.8 Å². The lowest BCUT2D eigenvalue weighted by Gasteiger charge is -2.34. The summed E-state index contributed by atoms with van der Waals surface area (Å²) in [5.74, 6) is -0.0496. The predicted molar refractivity (Wildman–Crippen MR) is 117 cm³/mol. The van der Waals surface area contributed by atoms with Crippen molar-refractivity contribution in [2.24, 2.45) is 0 Å². The molecule has 28 heavy (non-hydrogen) atoms. The van der Waals surface area contributed by atoms with Crippen molar-refractivity contribution in [3.05, 3.63) is 12.2 Å². The zero-order valence-corrected chi connectivity index (χ0v) is 18.4. The molecular formula is C24H45NO3. The highest BCUT2D eigenvalue weighted by atomic mass is 16.5. The first-order valence-electron chi connectivity index (χ1n) is 11.9. The second-order valence-corrected chi connectivity index (χ2v) is 8.19. The van der Waals surface area contributed by atoms with E-state index in [-0.39, 0.29) is 12.6 Å². The van der Waals surface area contributed by atoms with Gasteiger partial charge in [-0.15, -0.1) is 0 Å². The van der Waals surface area contributed by atoms with Gasteiger partial charge in [-0.3, -0.25) is 9.69 Å². The number of rotatable bonds is 17. The summed E-state index contributed by atoms with van der Waals surface area (Å²) in [6.45, 7) is 4.85. The largest absolute Gasteiger partial charge is 0.466 e. The number of allylic oxidation sites excluding steroid dienone is 2. The summed E-state index contributed by atoms with van der Waals surface area (Å²) in [6.07, 6.45) is 21.6. The Morgan fingerprint density at radius 3 is 2.43 bits per heavy atom. The molecule has 0 aliphatic heterocycles. The normalized spacial score (nSPS) is 15.5. The minimum Gasteiger partial charge on any atom is -0.466 e. The van der Waals surface area contributed by atoms with Crippen LogP contribution in [0.25, 0.3) is 0 Å². The van der Waals surface area contributed by atoms with Crippen LogP contribution in [0, 0.1) is 0 Å². The van der Waals surface area contributed by atoms with E-state index >= 15 is 0 Å². The van der Waals surface area contributed by atoms with Gasteiger partial charge in [-0.25, -0.2) is 0 Å². The number of esters is 1. The number of hydrogen-bond donors (Lipinski definition) is 1. The average Bonchev–Trinajstić information content (AvgIpc) is 2.72. The maximum atomic E-state index is 11.8. The van der Waals surface area contributed by atoms with Gasteiger partial charge in [0, 0.05) is 19.0 Å². The molecule has 0 aromatic carbocycles. The third kappa shape index (κ3) is 13.3. The number of ether oxygens (including phenoxy) is 1. The van der Waals surface area contributed by atoms with Gasteiger partial charge < -0.3 is 9.84 Å². The molecule has 0 amide bonds. The molecule has 0 spiro atoms. The molecule has 0 radical (unpaired) electrons. The maximum absolute atomic E-state index is 11.8. The quantitative estimate of drug-likeness (QED) is 0.197. The second kappa shape index (κ2) is 18.2. The van der Waals surface area contributed by atoms with Gasteiger partial charge in [-0.05, 0) is 57.9 Å². The summed E-state index contributed by atoms with van der Waals surface area (Å²) in [4.78, 5) is 14.3. The Hall–Kier alpha value is -0.870. The van der Waals surface area contributed by atoms with E-state index in [9.17, 15) is 9.90 Å².